The van der Waals surface area contributed by atoms with Crippen LogP contribution in [0, 0.1) is 5.92 Å². The van der Waals surface area contributed by atoms with Crippen molar-refractivity contribution >= 4 is 30.6 Å². The first-order valence-corrected chi connectivity index (χ1v) is 11.6. The third-order valence-electron chi connectivity index (χ3n) is 4.56. The van der Waals surface area contributed by atoms with Crippen molar-refractivity contribution in [3.8, 4) is 5.75 Å². The summed E-state index contributed by atoms with van der Waals surface area (Å²) in [7, 11) is -0.876. The van der Waals surface area contributed by atoms with E-state index in [2.05, 4.69) is 4.98 Å². The van der Waals surface area contributed by atoms with Gasteiger partial charge in [-0.1, -0.05) is 0 Å². The molecule has 0 saturated carbocycles. The zero-order valence-electron chi connectivity index (χ0n) is 17.6. The zero-order chi connectivity index (χ0) is 21.7. The molecule has 1 aromatic heterocycles. The average molecular weight is 449 g/mol. The maximum absolute atomic E-state index is 12.9. The number of ether oxygens (including phenoxy) is 2. The van der Waals surface area contributed by atoms with Gasteiger partial charge in [-0.25, -0.2) is 4.79 Å². The highest BCUT2D eigenvalue weighted by atomic mass is 35.5. The van der Waals surface area contributed by atoms with E-state index >= 15 is 0 Å². The van der Waals surface area contributed by atoms with Gasteiger partial charge in [-0.3, -0.25) is 9.55 Å². The lowest BCUT2D eigenvalue weighted by molar-refractivity contribution is 0.0165. The second kappa shape index (κ2) is 10.1. The molecule has 0 spiro atoms. The molecule has 0 N–H and O–H groups in total. The predicted molar refractivity (Wildman–Crippen MR) is 111 cm³/mol. The summed E-state index contributed by atoms with van der Waals surface area (Å²) in [6.45, 7) is 7.17. The van der Waals surface area contributed by atoms with E-state index in [0.717, 1.165) is 12.8 Å². The number of nitrogens with zero attached hydrogens (tertiary/aromatic N) is 2. The maximum atomic E-state index is 12.9. The molecule has 0 aromatic carbocycles. The highest BCUT2D eigenvalue weighted by Gasteiger charge is 2.31. The molecular weight excluding hydrogens is 419 g/mol. The molecule has 8 nitrogen and oxygen atoms in total. The summed E-state index contributed by atoms with van der Waals surface area (Å²) in [6, 6.07) is 1.58. The van der Waals surface area contributed by atoms with Crippen molar-refractivity contribution in [3.63, 3.8) is 0 Å². The number of aromatic nitrogens is 1. The van der Waals surface area contributed by atoms with Gasteiger partial charge in [-0.15, -0.1) is 11.6 Å². The first-order chi connectivity index (χ1) is 13.6. The summed E-state index contributed by atoms with van der Waals surface area (Å²) in [6.07, 6.45) is 2.77. The molecule has 0 bridgehead atoms. The number of carbonyl (C=O) groups excluding carboxylic acids is 1. The SMILES string of the molecule is COP(=O)(OC)c1cc(CCl)ncc1OCC1CCN(C(=O)OC(C)(C)C)CC1. The van der Waals surface area contributed by atoms with E-state index in [1.807, 2.05) is 20.8 Å². The number of carbonyl (C=O) groups is 1. The molecule has 0 atom stereocenters. The maximum Gasteiger partial charge on any atom is 0.410 e. The van der Waals surface area contributed by atoms with Crippen molar-refractivity contribution in [3.05, 3.63) is 18.0 Å². The van der Waals surface area contributed by atoms with Crippen LogP contribution in [-0.2, 0) is 24.2 Å². The molecule has 2 rings (SSSR count). The van der Waals surface area contributed by atoms with Gasteiger partial charge in [0.2, 0.25) is 0 Å². The quantitative estimate of drug-likeness (QED) is 0.461. The Labute approximate surface area is 177 Å². The summed E-state index contributed by atoms with van der Waals surface area (Å²) in [4.78, 5) is 18.1. The van der Waals surface area contributed by atoms with Crippen molar-refractivity contribution in [1.29, 1.82) is 0 Å². The van der Waals surface area contributed by atoms with Gasteiger partial charge in [-0.2, -0.15) is 0 Å². The molecule has 29 heavy (non-hydrogen) atoms. The zero-order valence-corrected chi connectivity index (χ0v) is 19.3. The van der Waals surface area contributed by atoms with Crippen LogP contribution in [-0.4, -0.2) is 55.5 Å². The monoisotopic (exact) mass is 448 g/mol. The van der Waals surface area contributed by atoms with Crippen LogP contribution in [0.1, 0.15) is 39.3 Å². The van der Waals surface area contributed by atoms with Gasteiger partial charge in [0.25, 0.3) is 0 Å². The molecule has 0 unspecified atom stereocenters. The Morgan fingerprint density at radius 3 is 2.41 bits per heavy atom. The predicted octanol–water partition coefficient (Wildman–Crippen LogP) is 3.96. The van der Waals surface area contributed by atoms with Crippen LogP contribution in [0.2, 0.25) is 0 Å². The standard InChI is InChI=1S/C19H30ClN2O6P/c1-19(2,3)28-18(23)22-8-6-14(7-9-22)13-27-16-12-21-15(11-20)10-17(16)29(24,25-4)26-5/h10,12,14H,6-9,11,13H2,1-5H3. The van der Waals surface area contributed by atoms with E-state index in [4.69, 9.17) is 30.1 Å². The minimum absolute atomic E-state index is 0.170. The molecule has 0 aliphatic carbocycles. The van der Waals surface area contributed by atoms with Gasteiger partial charge in [0.15, 0.2) is 5.75 Å². The molecule has 0 radical (unpaired) electrons. The highest BCUT2D eigenvalue weighted by Crippen LogP contribution is 2.47. The molecule has 2 heterocycles. The lowest BCUT2D eigenvalue weighted by atomic mass is 9.98. The smallest absolute Gasteiger partial charge is 0.410 e. The van der Waals surface area contributed by atoms with E-state index in [9.17, 15) is 9.36 Å². The van der Waals surface area contributed by atoms with Crippen LogP contribution in [0.5, 0.6) is 5.75 Å². The third kappa shape index (κ3) is 6.57. The van der Waals surface area contributed by atoms with Gasteiger partial charge in [-0.05, 0) is 45.6 Å². The lowest BCUT2D eigenvalue weighted by Crippen LogP contribution is -2.42. The van der Waals surface area contributed by atoms with Crippen molar-refractivity contribution in [2.45, 2.75) is 45.1 Å². The molecule has 1 aliphatic rings. The van der Waals surface area contributed by atoms with Crippen LogP contribution in [0.3, 0.4) is 0 Å². The van der Waals surface area contributed by atoms with Crippen molar-refractivity contribution in [1.82, 2.24) is 9.88 Å². The van der Waals surface area contributed by atoms with E-state index in [1.54, 1.807) is 11.0 Å². The summed E-state index contributed by atoms with van der Waals surface area (Å²) in [5, 5.41) is 0.305. The number of likely N-dealkylation sites (tertiary alicyclic amines) is 1. The number of hydrogen-bond acceptors (Lipinski definition) is 7. The Bertz CT molecular complexity index is 739. The summed E-state index contributed by atoms with van der Waals surface area (Å²) in [5.74, 6) is 0.767. The largest absolute Gasteiger partial charge is 0.491 e. The Morgan fingerprint density at radius 2 is 1.90 bits per heavy atom. The van der Waals surface area contributed by atoms with Crippen molar-refractivity contribution in [2.75, 3.05) is 33.9 Å². The first kappa shape index (κ1) is 23.9. The highest BCUT2D eigenvalue weighted by molar-refractivity contribution is 7.62. The summed E-state index contributed by atoms with van der Waals surface area (Å²) >= 11 is 5.85. The Kier molecular flexibility index (Phi) is 8.35. The van der Waals surface area contributed by atoms with E-state index in [-0.39, 0.29) is 17.9 Å². The number of hydrogen-bond donors (Lipinski definition) is 0. The average Bonchev–Trinajstić information content (AvgIpc) is 2.70. The van der Waals surface area contributed by atoms with Gasteiger partial charge in [0.1, 0.15) is 10.9 Å². The van der Waals surface area contributed by atoms with Gasteiger partial charge < -0.3 is 23.4 Å². The fraction of sp³-hybridized carbons (Fsp3) is 0.684. The second-order valence-electron chi connectivity index (χ2n) is 7.86. The fourth-order valence-corrected chi connectivity index (χ4v) is 4.35. The Morgan fingerprint density at radius 1 is 1.28 bits per heavy atom. The Balaban J connectivity index is 1.99. The number of piperidine rings is 1. The molecule has 1 amide bonds. The molecule has 1 aliphatic heterocycles. The van der Waals surface area contributed by atoms with Crippen LogP contribution in [0.4, 0.5) is 4.79 Å². The first-order valence-electron chi connectivity index (χ1n) is 9.49. The second-order valence-corrected chi connectivity index (χ2v) is 10.3. The molecule has 1 saturated heterocycles. The number of alkyl halides is 1. The van der Waals surface area contributed by atoms with Gasteiger partial charge in [0, 0.05) is 27.3 Å². The van der Waals surface area contributed by atoms with Crippen LogP contribution in [0.25, 0.3) is 0 Å². The van der Waals surface area contributed by atoms with Crippen molar-refractivity contribution < 1.29 is 27.9 Å². The van der Waals surface area contributed by atoms with Crippen LogP contribution >= 0.6 is 19.2 Å². The number of halogens is 1. The molecule has 1 aromatic rings. The summed E-state index contributed by atoms with van der Waals surface area (Å²) in [5.41, 5.74) is 0.0423. The molecule has 164 valence electrons. The third-order valence-corrected chi connectivity index (χ3v) is 6.73. The van der Waals surface area contributed by atoms with Gasteiger partial charge >= 0.3 is 13.7 Å². The molecular formula is C19H30ClN2O6P. The van der Waals surface area contributed by atoms with E-state index in [0.29, 0.717) is 36.4 Å². The molecule has 10 heteroatoms. The number of pyridine rings is 1. The summed E-state index contributed by atoms with van der Waals surface area (Å²) < 4.78 is 34.4. The number of amides is 1. The Hall–Kier alpha value is -1.34. The van der Waals surface area contributed by atoms with Crippen LogP contribution in [0.15, 0.2) is 12.3 Å². The van der Waals surface area contributed by atoms with Crippen molar-refractivity contribution in [2.24, 2.45) is 5.92 Å². The lowest BCUT2D eigenvalue weighted by Gasteiger charge is -2.33. The molecule has 1 fully saturated rings. The van der Waals surface area contributed by atoms with E-state index < -0.39 is 13.2 Å². The van der Waals surface area contributed by atoms with Gasteiger partial charge in [0.05, 0.1) is 24.4 Å². The van der Waals surface area contributed by atoms with E-state index in [1.165, 1.54) is 20.4 Å². The normalized spacial score (nSPS) is 16.0. The number of rotatable bonds is 7. The fourth-order valence-electron chi connectivity index (χ4n) is 2.96. The van der Waals surface area contributed by atoms with Crippen LogP contribution < -0.4 is 10.0 Å². The minimum atomic E-state index is -3.52. The minimum Gasteiger partial charge on any atom is -0.491 e. The topological polar surface area (TPSA) is 87.2 Å².